The molecule has 2 amide bonds. The predicted octanol–water partition coefficient (Wildman–Crippen LogP) is 4.50. The highest BCUT2D eigenvalue weighted by Crippen LogP contribution is 2.19. The van der Waals surface area contributed by atoms with Crippen LogP contribution in [0.2, 0.25) is 5.02 Å². The molecule has 0 radical (unpaired) electrons. The van der Waals surface area contributed by atoms with Gasteiger partial charge in [-0.25, -0.2) is 0 Å². The second-order valence-corrected chi connectivity index (χ2v) is 8.68. The van der Waals surface area contributed by atoms with E-state index in [0.29, 0.717) is 27.6 Å². The zero-order valence-corrected chi connectivity index (χ0v) is 19.1. The van der Waals surface area contributed by atoms with E-state index in [1.807, 2.05) is 24.3 Å². The maximum atomic E-state index is 12.3. The van der Waals surface area contributed by atoms with Gasteiger partial charge in [-0.05, 0) is 47.9 Å². The second kappa shape index (κ2) is 10.5. The van der Waals surface area contributed by atoms with E-state index in [1.165, 1.54) is 17.3 Å². The summed E-state index contributed by atoms with van der Waals surface area (Å²) in [7, 11) is 1.77. The van der Waals surface area contributed by atoms with E-state index >= 15 is 0 Å². The molecule has 162 valence electrons. The van der Waals surface area contributed by atoms with Crippen molar-refractivity contribution >= 4 is 46.6 Å². The fraction of sp³-hybridized carbons (Fsp3) is 0.273. The van der Waals surface area contributed by atoms with Crippen molar-refractivity contribution in [2.24, 2.45) is 7.05 Å². The number of carbonyl (C=O) groups excluding carboxylic acids is 2. The van der Waals surface area contributed by atoms with Crippen molar-refractivity contribution in [1.29, 1.82) is 0 Å². The van der Waals surface area contributed by atoms with Crippen LogP contribution in [0.1, 0.15) is 31.2 Å². The van der Waals surface area contributed by atoms with E-state index in [1.54, 1.807) is 35.9 Å². The lowest BCUT2D eigenvalue weighted by molar-refractivity contribution is -0.116. The predicted molar refractivity (Wildman–Crippen MR) is 125 cm³/mol. The number of amides is 2. The first-order valence-corrected chi connectivity index (χ1v) is 11.1. The molecule has 0 saturated heterocycles. The maximum absolute atomic E-state index is 12.3. The highest BCUT2D eigenvalue weighted by molar-refractivity contribution is 7.99. The lowest BCUT2D eigenvalue weighted by Gasteiger charge is -2.08. The summed E-state index contributed by atoms with van der Waals surface area (Å²) in [6, 6.07) is 14.7. The third-order valence-corrected chi connectivity index (χ3v) is 5.84. The summed E-state index contributed by atoms with van der Waals surface area (Å²) in [6.45, 7) is 4.25. The number of aromatic nitrogens is 3. The van der Waals surface area contributed by atoms with Crippen molar-refractivity contribution in [2.45, 2.75) is 31.3 Å². The standard InChI is InChI=1S/C22H24ClN5O2S/c1-14(2)15-4-8-17(9-5-15)25-21(30)13-31-22-27-26-19(28(22)3)12-20(29)24-18-10-6-16(23)7-11-18/h4-11,14H,12-13H2,1-3H3,(H,24,29)(H,25,30). The van der Waals surface area contributed by atoms with Gasteiger partial charge in [0, 0.05) is 23.4 Å². The number of nitrogens with zero attached hydrogens (tertiary/aromatic N) is 3. The molecule has 2 N–H and O–H groups in total. The molecule has 0 spiro atoms. The first-order chi connectivity index (χ1) is 14.8. The Hall–Kier alpha value is -2.84. The van der Waals surface area contributed by atoms with Gasteiger partial charge in [0.15, 0.2) is 5.16 Å². The summed E-state index contributed by atoms with van der Waals surface area (Å²) in [4.78, 5) is 24.5. The van der Waals surface area contributed by atoms with Crippen LogP contribution in [0.3, 0.4) is 0 Å². The van der Waals surface area contributed by atoms with Crippen LogP contribution >= 0.6 is 23.4 Å². The van der Waals surface area contributed by atoms with Gasteiger partial charge in [0.1, 0.15) is 5.82 Å². The molecule has 0 saturated carbocycles. The number of thioether (sulfide) groups is 1. The van der Waals surface area contributed by atoms with Crippen molar-refractivity contribution in [1.82, 2.24) is 14.8 Å². The van der Waals surface area contributed by atoms with Crippen molar-refractivity contribution in [3.63, 3.8) is 0 Å². The minimum atomic E-state index is -0.211. The van der Waals surface area contributed by atoms with Gasteiger partial charge in [-0.15, -0.1) is 10.2 Å². The molecular formula is C22H24ClN5O2S. The smallest absolute Gasteiger partial charge is 0.234 e. The van der Waals surface area contributed by atoms with E-state index in [2.05, 4.69) is 34.7 Å². The van der Waals surface area contributed by atoms with E-state index in [-0.39, 0.29) is 24.0 Å². The summed E-state index contributed by atoms with van der Waals surface area (Å²) in [5.74, 6) is 0.802. The Morgan fingerprint density at radius 1 is 0.968 bits per heavy atom. The van der Waals surface area contributed by atoms with Crippen LogP contribution in [-0.4, -0.2) is 32.3 Å². The lowest BCUT2D eigenvalue weighted by atomic mass is 10.0. The summed E-state index contributed by atoms with van der Waals surface area (Å²) < 4.78 is 1.72. The Bertz CT molecular complexity index is 1050. The molecule has 0 aliphatic rings. The Kier molecular flexibility index (Phi) is 7.70. The quantitative estimate of drug-likeness (QED) is 0.486. The number of hydrogen-bond donors (Lipinski definition) is 2. The maximum Gasteiger partial charge on any atom is 0.234 e. The second-order valence-electron chi connectivity index (χ2n) is 7.30. The van der Waals surface area contributed by atoms with E-state index in [4.69, 9.17) is 11.6 Å². The first kappa shape index (κ1) is 22.8. The van der Waals surface area contributed by atoms with Crippen molar-refractivity contribution in [2.75, 3.05) is 16.4 Å². The van der Waals surface area contributed by atoms with Gasteiger partial charge < -0.3 is 15.2 Å². The van der Waals surface area contributed by atoms with E-state index in [0.717, 1.165) is 5.69 Å². The number of halogens is 1. The van der Waals surface area contributed by atoms with Gasteiger partial charge in [0.25, 0.3) is 0 Å². The Morgan fingerprint density at radius 2 is 1.55 bits per heavy atom. The molecule has 0 unspecified atom stereocenters. The average Bonchev–Trinajstić information content (AvgIpc) is 3.08. The van der Waals surface area contributed by atoms with E-state index < -0.39 is 0 Å². The summed E-state index contributed by atoms with van der Waals surface area (Å²) in [5, 5.41) is 15.0. The zero-order chi connectivity index (χ0) is 22.4. The highest BCUT2D eigenvalue weighted by Gasteiger charge is 2.15. The first-order valence-electron chi connectivity index (χ1n) is 9.78. The number of rotatable bonds is 8. The van der Waals surface area contributed by atoms with E-state index in [9.17, 15) is 9.59 Å². The summed E-state index contributed by atoms with van der Waals surface area (Å²) in [5.41, 5.74) is 2.64. The van der Waals surface area contributed by atoms with Crippen molar-refractivity contribution in [3.05, 3.63) is 64.9 Å². The molecule has 9 heteroatoms. The Morgan fingerprint density at radius 3 is 2.16 bits per heavy atom. The van der Waals surface area contributed by atoms with Crippen LogP contribution in [0, 0.1) is 0 Å². The molecule has 7 nitrogen and oxygen atoms in total. The number of benzene rings is 2. The van der Waals surface area contributed by atoms with Crippen LogP contribution < -0.4 is 10.6 Å². The molecule has 0 atom stereocenters. The minimum absolute atomic E-state index is 0.0705. The van der Waals surface area contributed by atoms with Crippen molar-refractivity contribution in [3.8, 4) is 0 Å². The monoisotopic (exact) mass is 457 g/mol. The molecule has 0 aliphatic heterocycles. The van der Waals surface area contributed by atoms with Crippen LogP contribution in [0.4, 0.5) is 11.4 Å². The van der Waals surface area contributed by atoms with Gasteiger partial charge in [0.2, 0.25) is 11.8 Å². The molecule has 0 bridgehead atoms. The number of carbonyl (C=O) groups is 2. The Balaban J connectivity index is 1.50. The number of anilines is 2. The largest absolute Gasteiger partial charge is 0.326 e. The molecule has 3 rings (SSSR count). The van der Waals surface area contributed by atoms with Crippen LogP contribution in [-0.2, 0) is 23.1 Å². The lowest BCUT2D eigenvalue weighted by Crippen LogP contribution is -2.17. The van der Waals surface area contributed by atoms with Gasteiger partial charge >= 0.3 is 0 Å². The molecule has 0 aliphatic carbocycles. The fourth-order valence-corrected chi connectivity index (χ4v) is 3.64. The molecule has 0 fully saturated rings. The van der Waals surface area contributed by atoms with Gasteiger partial charge in [0.05, 0.1) is 12.2 Å². The molecule has 3 aromatic rings. The molecule has 2 aromatic carbocycles. The topological polar surface area (TPSA) is 88.9 Å². The van der Waals surface area contributed by atoms with Gasteiger partial charge in [-0.3, -0.25) is 9.59 Å². The third-order valence-electron chi connectivity index (χ3n) is 4.57. The minimum Gasteiger partial charge on any atom is -0.326 e. The van der Waals surface area contributed by atoms with Gasteiger partial charge in [-0.1, -0.05) is 49.3 Å². The zero-order valence-electron chi connectivity index (χ0n) is 17.6. The SMILES string of the molecule is CC(C)c1ccc(NC(=O)CSc2nnc(CC(=O)Nc3ccc(Cl)cc3)n2C)cc1. The summed E-state index contributed by atoms with van der Waals surface area (Å²) >= 11 is 7.12. The molecular weight excluding hydrogens is 434 g/mol. The number of hydrogen-bond acceptors (Lipinski definition) is 5. The Labute approximate surface area is 190 Å². The normalized spacial score (nSPS) is 10.9. The molecule has 1 heterocycles. The fourth-order valence-electron chi connectivity index (χ4n) is 2.79. The molecule has 31 heavy (non-hydrogen) atoms. The average molecular weight is 458 g/mol. The van der Waals surface area contributed by atoms with Gasteiger partial charge in [-0.2, -0.15) is 0 Å². The van der Waals surface area contributed by atoms with Crippen LogP contribution in [0.5, 0.6) is 0 Å². The van der Waals surface area contributed by atoms with Crippen LogP contribution in [0.25, 0.3) is 0 Å². The third kappa shape index (κ3) is 6.57. The highest BCUT2D eigenvalue weighted by atomic mass is 35.5. The van der Waals surface area contributed by atoms with Crippen molar-refractivity contribution < 1.29 is 9.59 Å². The number of nitrogens with one attached hydrogen (secondary N) is 2. The molecule has 1 aromatic heterocycles. The summed E-state index contributed by atoms with van der Waals surface area (Å²) in [6.07, 6.45) is 0.0705. The van der Waals surface area contributed by atoms with Crippen LogP contribution in [0.15, 0.2) is 53.7 Å².